The lowest BCUT2D eigenvalue weighted by molar-refractivity contribution is 0.277. The van der Waals surface area contributed by atoms with E-state index in [2.05, 4.69) is 15.0 Å². The first-order chi connectivity index (χ1) is 9.76. The molecule has 2 heterocycles. The molecule has 3 aromatic rings. The highest BCUT2D eigenvalue weighted by molar-refractivity contribution is 5.73. The van der Waals surface area contributed by atoms with Gasteiger partial charge in [0.05, 0.1) is 24.5 Å². The van der Waals surface area contributed by atoms with Gasteiger partial charge < -0.3 is 20.2 Å². The van der Waals surface area contributed by atoms with Crippen LogP contribution in [0.2, 0.25) is 0 Å². The largest absolute Gasteiger partial charge is 0.493 e. The number of nitrogen functional groups attached to an aromatic ring is 1. The van der Waals surface area contributed by atoms with Crippen molar-refractivity contribution in [3.8, 4) is 11.5 Å². The topological polar surface area (TPSA) is 86.1 Å². The minimum Gasteiger partial charge on any atom is -0.493 e. The second kappa shape index (κ2) is 5.08. The SMILES string of the molecule is COc1ccccc1OCc1nc2ncc(N)cc2[nH]1. The summed E-state index contributed by atoms with van der Waals surface area (Å²) in [6.45, 7) is 0.302. The molecule has 0 spiro atoms. The molecule has 0 aliphatic heterocycles. The Kier molecular flexibility index (Phi) is 3.12. The van der Waals surface area contributed by atoms with Gasteiger partial charge in [-0.25, -0.2) is 9.97 Å². The Balaban J connectivity index is 1.79. The van der Waals surface area contributed by atoms with Crippen molar-refractivity contribution in [2.45, 2.75) is 6.61 Å². The lowest BCUT2D eigenvalue weighted by Crippen LogP contribution is -1.99. The van der Waals surface area contributed by atoms with Crippen molar-refractivity contribution < 1.29 is 9.47 Å². The maximum Gasteiger partial charge on any atom is 0.177 e. The quantitative estimate of drug-likeness (QED) is 0.758. The standard InChI is InChI=1S/C14H14N4O2/c1-19-11-4-2-3-5-12(11)20-8-13-17-10-6-9(15)7-16-14(10)18-13/h2-7H,8,15H2,1H3,(H,16,17,18). The summed E-state index contributed by atoms with van der Waals surface area (Å²) >= 11 is 0. The van der Waals surface area contributed by atoms with Crippen molar-refractivity contribution in [3.63, 3.8) is 0 Å². The molecule has 3 N–H and O–H groups in total. The molecule has 6 nitrogen and oxygen atoms in total. The number of fused-ring (bicyclic) bond motifs is 1. The van der Waals surface area contributed by atoms with Crippen LogP contribution in [-0.2, 0) is 6.61 Å². The maximum absolute atomic E-state index is 5.70. The van der Waals surface area contributed by atoms with E-state index in [1.165, 1.54) is 0 Å². The lowest BCUT2D eigenvalue weighted by Gasteiger charge is -2.08. The summed E-state index contributed by atoms with van der Waals surface area (Å²) in [7, 11) is 1.61. The van der Waals surface area contributed by atoms with Gasteiger partial charge in [-0.2, -0.15) is 0 Å². The fourth-order valence-electron chi connectivity index (χ4n) is 1.92. The molecule has 0 bridgehead atoms. The van der Waals surface area contributed by atoms with Crippen molar-refractivity contribution in [1.82, 2.24) is 15.0 Å². The summed E-state index contributed by atoms with van der Waals surface area (Å²) in [5.74, 6) is 2.04. The fourth-order valence-corrected chi connectivity index (χ4v) is 1.92. The molecular weight excluding hydrogens is 256 g/mol. The molecule has 0 unspecified atom stereocenters. The number of hydrogen-bond donors (Lipinski definition) is 2. The Hall–Kier alpha value is -2.76. The number of aromatic amines is 1. The van der Waals surface area contributed by atoms with E-state index in [1.54, 1.807) is 19.4 Å². The number of aromatic nitrogens is 3. The zero-order valence-electron chi connectivity index (χ0n) is 11.0. The number of rotatable bonds is 4. The lowest BCUT2D eigenvalue weighted by atomic mass is 10.3. The molecule has 0 atom stereocenters. The molecule has 20 heavy (non-hydrogen) atoms. The van der Waals surface area contributed by atoms with Gasteiger partial charge in [0, 0.05) is 0 Å². The molecule has 0 aliphatic rings. The van der Waals surface area contributed by atoms with Crippen LogP contribution < -0.4 is 15.2 Å². The van der Waals surface area contributed by atoms with Crippen molar-refractivity contribution in [2.75, 3.05) is 12.8 Å². The minimum absolute atomic E-state index is 0.302. The van der Waals surface area contributed by atoms with Gasteiger partial charge in [-0.3, -0.25) is 0 Å². The number of ether oxygens (including phenoxy) is 2. The van der Waals surface area contributed by atoms with Gasteiger partial charge in [-0.1, -0.05) is 12.1 Å². The number of nitrogens with one attached hydrogen (secondary N) is 1. The Bertz CT molecular complexity index is 739. The molecule has 0 amide bonds. The number of hydrogen-bond acceptors (Lipinski definition) is 5. The number of para-hydroxylation sites is 2. The summed E-state index contributed by atoms with van der Waals surface area (Å²) in [5, 5.41) is 0. The van der Waals surface area contributed by atoms with Crippen LogP contribution in [0.3, 0.4) is 0 Å². The van der Waals surface area contributed by atoms with Crippen molar-refractivity contribution >= 4 is 16.9 Å². The molecule has 0 fully saturated rings. The predicted molar refractivity (Wildman–Crippen MR) is 75.6 cm³/mol. The molecule has 2 aromatic heterocycles. The van der Waals surface area contributed by atoms with E-state index in [9.17, 15) is 0 Å². The summed E-state index contributed by atoms with van der Waals surface area (Å²) < 4.78 is 10.9. The monoisotopic (exact) mass is 270 g/mol. The van der Waals surface area contributed by atoms with E-state index in [-0.39, 0.29) is 0 Å². The zero-order chi connectivity index (χ0) is 13.9. The predicted octanol–water partition coefficient (Wildman–Crippen LogP) is 2.13. The Morgan fingerprint density at radius 3 is 2.85 bits per heavy atom. The fraction of sp³-hybridized carbons (Fsp3) is 0.143. The Morgan fingerprint density at radius 2 is 2.05 bits per heavy atom. The number of nitrogens with zero attached hydrogens (tertiary/aromatic N) is 2. The van der Waals surface area contributed by atoms with Crippen LogP contribution >= 0.6 is 0 Å². The molecule has 3 rings (SSSR count). The van der Waals surface area contributed by atoms with Gasteiger partial charge in [0.25, 0.3) is 0 Å². The highest BCUT2D eigenvalue weighted by Crippen LogP contribution is 2.26. The van der Waals surface area contributed by atoms with Crippen LogP contribution in [-0.4, -0.2) is 22.1 Å². The molecule has 0 saturated carbocycles. The second-order valence-corrected chi connectivity index (χ2v) is 4.26. The van der Waals surface area contributed by atoms with Gasteiger partial charge in [0.15, 0.2) is 17.1 Å². The van der Waals surface area contributed by atoms with Crippen LogP contribution in [0.1, 0.15) is 5.82 Å². The van der Waals surface area contributed by atoms with Crippen LogP contribution in [0.5, 0.6) is 11.5 Å². The average Bonchev–Trinajstić information content (AvgIpc) is 2.87. The highest BCUT2D eigenvalue weighted by Gasteiger charge is 2.07. The number of pyridine rings is 1. The molecule has 102 valence electrons. The molecule has 1 aromatic carbocycles. The zero-order valence-corrected chi connectivity index (χ0v) is 11.0. The molecule has 6 heteroatoms. The molecule has 0 aliphatic carbocycles. The van der Waals surface area contributed by atoms with Gasteiger partial charge in [-0.05, 0) is 18.2 Å². The van der Waals surface area contributed by atoms with Crippen LogP contribution in [0.25, 0.3) is 11.2 Å². The van der Waals surface area contributed by atoms with Crippen LogP contribution in [0, 0.1) is 0 Å². The number of nitrogens with two attached hydrogens (primary N) is 1. The average molecular weight is 270 g/mol. The first-order valence-electron chi connectivity index (χ1n) is 6.12. The minimum atomic E-state index is 0.302. The number of benzene rings is 1. The van der Waals surface area contributed by atoms with Gasteiger partial charge >= 0.3 is 0 Å². The molecular formula is C14H14N4O2. The first-order valence-corrected chi connectivity index (χ1v) is 6.12. The number of H-pyrrole nitrogens is 1. The summed E-state index contributed by atoms with van der Waals surface area (Å²) in [6, 6.07) is 9.26. The smallest absolute Gasteiger partial charge is 0.177 e. The van der Waals surface area contributed by atoms with Gasteiger partial charge in [-0.15, -0.1) is 0 Å². The van der Waals surface area contributed by atoms with Crippen molar-refractivity contribution in [2.24, 2.45) is 0 Å². The Morgan fingerprint density at radius 1 is 1.25 bits per heavy atom. The number of imidazole rings is 1. The summed E-state index contributed by atoms with van der Waals surface area (Å²) in [6.07, 6.45) is 1.58. The van der Waals surface area contributed by atoms with E-state index in [0.29, 0.717) is 35.3 Å². The summed E-state index contributed by atoms with van der Waals surface area (Å²) in [4.78, 5) is 11.6. The van der Waals surface area contributed by atoms with E-state index < -0.39 is 0 Å². The van der Waals surface area contributed by atoms with Crippen LogP contribution in [0.15, 0.2) is 36.5 Å². The van der Waals surface area contributed by atoms with Gasteiger partial charge in [0.1, 0.15) is 12.4 Å². The normalized spacial score (nSPS) is 10.7. The van der Waals surface area contributed by atoms with E-state index >= 15 is 0 Å². The van der Waals surface area contributed by atoms with Crippen LogP contribution in [0.4, 0.5) is 5.69 Å². The Labute approximate surface area is 115 Å². The third kappa shape index (κ3) is 2.35. The van der Waals surface area contributed by atoms with Gasteiger partial charge in [0.2, 0.25) is 0 Å². The first kappa shape index (κ1) is 12.3. The highest BCUT2D eigenvalue weighted by atomic mass is 16.5. The third-order valence-electron chi connectivity index (χ3n) is 2.84. The number of anilines is 1. The molecule has 0 radical (unpaired) electrons. The molecule has 0 saturated heterocycles. The second-order valence-electron chi connectivity index (χ2n) is 4.26. The summed E-state index contributed by atoms with van der Waals surface area (Å²) in [5.41, 5.74) is 7.69. The van der Waals surface area contributed by atoms with Crippen molar-refractivity contribution in [1.29, 1.82) is 0 Å². The third-order valence-corrected chi connectivity index (χ3v) is 2.84. The van der Waals surface area contributed by atoms with E-state index in [4.69, 9.17) is 15.2 Å². The maximum atomic E-state index is 5.70. The van der Waals surface area contributed by atoms with E-state index in [0.717, 1.165) is 5.52 Å². The van der Waals surface area contributed by atoms with Crippen molar-refractivity contribution in [3.05, 3.63) is 42.4 Å². The van der Waals surface area contributed by atoms with E-state index in [1.807, 2.05) is 24.3 Å². The number of methoxy groups -OCH3 is 1.